The number of nitrogens with one attached hydrogen (secondary N) is 1. The van der Waals surface area contributed by atoms with E-state index >= 15 is 0 Å². The molecule has 102 valence electrons. The largest absolute Gasteiger partial charge is 0.397 e. The third-order valence-corrected chi connectivity index (χ3v) is 4.06. The molecular weight excluding hydrogens is 254 g/mol. The highest BCUT2D eigenvalue weighted by molar-refractivity contribution is 7.99. The molecule has 1 unspecified atom stereocenters. The summed E-state index contributed by atoms with van der Waals surface area (Å²) in [6.07, 6.45) is 2.93. The molecule has 0 radical (unpaired) electrons. The molecule has 19 heavy (non-hydrogen) atoms. The molecule has 3 nitrogen and oxygen atoms in total. The maximum Gasteiger partial charge on any atom is 0.0724 e. The Morgan fingerprint density at radius 1 is 1.37 bits per heavy atom. The fourth-order valence-corrected chi connectivity index (χ4v) is 2.85. The number of anilines is 2. The van der Waals surface area contributed by atoms with E-state index in [0.717, 1.165) is 28.7 Å². The van der Waals surface area contributed by atoms with Gasteiger partial charge in [0, 0.05) is 17.6 Å². The second-order valence-corrected chi connectivity index (χ2v) is 6.02. The van der Waals surface area contributed by atoms with Crippen LogP contribution in [0.4, 0.5) is 11.4 Å². The van der Waals surface area contributed by atoms with Gasteiger partial charge in [0.1, 0.15) is 0 Å². The number of hydrogen-bond donors (Lipinski definition) is 2. The fraction of sp³-hybridized carbons (Fsp3) is 0.400. The molecule has 1 heterocycles. The van der Waals surface area contributed by atoms with Crippen molar-refractivity contribution in [3.05, 3.63) is 30.5 Å². The molecule has 4 heteroatoms. The predicted molar refractivity (Wildman–Crippen MR) is 86.9 cm³/mol. The molecule has 0 aliphatic carbocycles. The molecule has 1 aromatic heterocycles. The van der Waals surface area contributed by atoms with Gasteiger partial charge >= 0.3 is 0 Å². The number of fused-ring (bicyclic) bond motifs is 1. The van der Waals surface area contributed by atoms with Crippen LogP contribution in [0.1, 0.15) is 20.3 Å². The van der Waals surface area contributed by atoms with Crippen LogP contribution in [0, 0.1) is 0 Å². The van der Waals surface area contributed by atoms with Crippen LogP contribution in [0.2, 0.25) is 0 Å². The van der Waals surface area contributed by atoms with E-state index in [4.69, 9.17) is 5.73 Å². The second-order valence-electron chi connectivity index (χ2n) is 4.63. The third kappa shape index (κ3) is 3.53. The first kappa shape index (κ1) is 14.0. The summed E-state index contributed by atoms with van der Waals surface area (Å²) in [7, 11) is 0. The number of aromatic nitrogens is 1. The SMILES string of the molecule is CCSCCC(C)Nc1ccc2ncccc2c1N. The van der Waals surface area contributed by atoms with Crippen molar-refractivity contribution in [2.24, 2.45) is 0 Å². The van der Waals surface area contributed by atoms with E-state index in [0.29, 0.717) is 6.04 Å². The summed E-state index contributed by atoms with van der Waals surface area (Å²) in [5.41, 5.74) is 8.96. The molecule has 0 aliphatic heterocycles. The standard InChI is InChI=1S/C15H21N3S/c1-3-19-10-8-11(2)18-14-7-6-13-12(15(14)16)5-4-9-17-13/h4-7,9,11,18H,3,8,10,16H2,1-2H3. The summed E-state index contributed by atoms with van der Waals surface area (Å²) in [4.78, 5) is 4.31. The van der Waals surface area contributed by atoms with E-state index in [1.54, 1.807) is 6.20 Å². The minimum Gasteiger partial charge on any atom is -0.397 e. The summed E-state index contributed by atoms with van der Waals surface area (Å²) in [5, 5.41) is 4.51. The van der Waals surface area contributed by atoms with Crippen LogP contribution in [0.5, 0.6) is 0 Å². The van der Waals surface area contributed by atoms with Gasteiger partial charge in [0.05, 0.1) is 16.9 Å². The van der Waals surface area contributed by atoms with Gasteiger partial charge in [0.2, 0.25) is 0 Å². The van der Waals surface area contributed by atoms with Crippen LogP contribution in [0.15, 0.2) is 30.5 Å². The van der Waals surface area contributed by atoms with Crippen LogP contribution >= 0.6 is 11.8 Å². The predicted octanol–water partition coefficient (Wildman–Crippen LogP) is 3.76. The number of rotatable bonds is 6. The van der Waals surface area contributed by atoms with E-state index in [1.807, 2.05) is 36.0 Å². The van der Waals surface area contributed by atoms with Gasteiger partial charge in [-0.25, -0.2) is 0 Å². The van der Waals surface area contributed by atoms with Gasteiger partial charge < -0.3 is 11.1 Å². The zero-order valence-corrected chi connectivity index (χ0v) is 12.3. The first-order valence-electron chi connectivity index (χ1n) is 6.70. The Balaban J connectivity index is 2.10. The van der Waals surface area contributed by atoms with Crippen molar-refractivity contribution in [3.8, 4) is 0 Å². The molecule has 0 saturated heterocycles. The van der Waals surface area contributed by atoms with Crippen LogP contribution in [0.25, 0.3) is 10.9 Å². The minimum absolute atomic E-state index is 0.426. The van der Waals surface area contributed by atoms with Crippen LogP contribution < -0.4 is 11.1 Å². The Labute approximate surface area is 119 Å². The topological polar surface area (TPSA) is 50.9 Å². The highest BCUT2D eigenvalue weighted by Crippen LogP contribution is 2.28. The lowest BCUT2D eigenvalue weighted by atomic mass is 10.1. The van der Waals surface area contributed by atoms with Crippen LogP contribution in [0.3, 0.4) is 0 Å². The number of benzene rings is 1. The van der Waals surface area contributed by atoms with E-state index in [-0.39, 0.29) is 0 Å². The lowest BCUT2D eigenvalue weighted by Crippen LogP contribution is -2.17. The zero-order chi connectivity index (χ0) is 13.7. The number of nitrogens with two attached hydrogens (primary N) is 1. The number of nitrogens with zero attached hydrogens (tertiary/aromatic N) is 1. The van der Waals surface area contributed by atoms with Gasteiger partial charge in [-0.3, -0.25) is 4.98 Å². The Kier molecular flexibility index (Phi) is 4.91. The van der Waals surface area contributed by atoms with Crippen molar-refractivity contribution >= 4 is 34.0 Å². The monoisotopic (exact) mass is 275 g/mol. The molecule has 1 atom stereocenters. The van der Waals surface area contributed by atoms with E-state index in [1.165, 1.54) is 11.5 Å². The zero-order valence-electron chi connectivity index (χ0n) is 11.5. The first-order valence-corrected chi connectivity index (χ1v) is 7.85. The first-order chi connectivity index (χ1) is 9.22. The molecule has 2 aromatic rings. The average molecular weight is 275 g/mol. The van der Waals surface area contributed by atoms with Crippen molar-refractivity contribution in [1.29, 1.82) is 0 Å². The van der Waals surface area contributed by atoms with Crippen molar-refractivity contribution in [2.75, 3.05) is 22.6 Å². The Bertz CT molecular complexity index is 542. The maximum absolute atomic E-state index is 6.21. The van der Waals surface area contributed by atoms with Gasteiger partial charge in [0.15, 0.2) is 0 Å². The van der Waals surface area contributed by atoms with Gasteiger partial charge in [0.25, 0.3) is 0 Å². The average Bonchev–Trinajstić information content (AvgIpc) is 2.43. The van der Waals surface area contributed by atoms with Crippen molar-refractivity contribution in [1.82, 2.24) is 4.98 Å². The van der Waals surface area contributed by atoms with Crippen LogP contribution in [-0.4, -0.2) is 22.5 Å². The normalized spacial score (nSPS) is 12.5. The summed E-state index contributed by atoms with van der Waals surface area (Å²) >= 11 is 1.97. The number of hydrogen-bond acceptors (Lipinski definition) is 4. The lowest BCUT2D eigenvalue weighted by molar-refractivity contribution is 0.772. The van der Waals surface area contributed by atoms with Gasteiger partial charge in [-0.1, -0.05) is 6.92 Å². The second kappa shape index (κ2) is 6.66. The third-order valence-electron chi connectivity index (χ3n) is 3.13. The van der Waals surface area contributed by atoms with E-state index < -0.39 is 0 Å². The highest BCUT2D eigenvalue weighted by atomic mass is 32.2. The molecule has 3 N–H and O–H groups in total. The smallest absolute Gasteiger partial charge is 0.0724 e. The molecule has 2 rings (SSSR count). The van der Waals surface area contributed by atoms with Gasteiger partial charge in [-0.2, -0.15) is 11.8 Å². The number of thioether (sulfide) groups is 1. The van der Waals surface area contributed by atoms with Crippen molar-refractivity contribution in [2.45, 2.75) is 26.3 Å². The molecule has 0 saturated carbocycles. The van der Waals surface area contributed by atoms with Gasteiger partial charge in [-0.15, -0.1) is 0 Å². The summed E-state index contributed by atoms with van der Waals surface area (Å²) in [5.74, 6) is 2.36. The summed E-state index contributed by atoms with van der Waals surface area (Å²) in [6.45, 7) is 4.39. The lowest BCUT2D eigenvalue weighted by Gasteiger charge is -2.17. The summed E-state index contributed by atoms with van der Waals surface area (Å²) < 4.78 is 0. The minimum atomic E-state index is 0.426. The Morgan fingerprint density at radius 2 is 2.21 bits per heavy atom. The number of nitrogen functional groups attached to an aromatic ring is 1. The van der Waals surface area contributed by atoms with E-state index in [9.17, 15) is 0 Å². The molecule has 0 bridgehead atoms. The highest BCUT2D eigenvalue weighted by Gasteiger charge is 2.07. The maximum atomic E-state index is 6.21. The Morgan fingerprint density at radius 3 is 3.00 bits per heavy atom. The molecule has 0 spiro atoms. The quantitative estimate of drug-likeness (QED) is 0.622. The Hall–Kier alpha value is -1.42. The molecule has 0 fully saturated rings. The van der Waals surface area contributed by atoms with E-state index in [2.05, 4.69) is 24.1 Å². The molecule has 0 amide bonds. The molecule has 1 aromatic carbocycles. The van der Waals surface area contributed by atoms with Crippen molar-refractivity contribution in [3.63, 3.8) is 0 Å². The van der Waals surface area contributed by atoms with Crippen LogP contribution in [-0.2, 0) is 0 Å². The van der Waals surface area contributed by atoms with Crippen molar-refractivity contribution < 1.29 is 0 Å². The fourth-order valence-electron chi connectivity index (χ4n) is 2.04. The molecule has 0 aliphatic rings. The molecular formula is C15H21N3S. The van der Waals surface area contributed by atoms with Gasteiger partial charge in [-0.05, 0) is 49.1 Å². The summed E-state index contributed by atoms with van der Waals surface area (Å²) in [6, 6.07) is 8.40. The number of pyridine rings is 1.